The zero-order valence-electron chi connectivity index (χ0n) is 15.0. The van der Waals surface area contributed by atoms with Crippen LogP contribution in [0.3, 0.4) is 0 Å². The predicted octanol–water partition coefficient (Wildman–Crippen LogP) is 6.58. The Hall–Kier alpha value is -3.06. The second-order valence-corrected chi connectivity index (χ2v) is 6.92. The lowest BCUT2D eigenvalue weighted by Gasteiger charge is -2.20. The van der Waals surface area contributed by atoms with Crippen LogP contribution in [0.15, 0.2) is 91.0 Å². The predicted molar refractivity (Wildman–Crippen MR) is 113 cm³/mol. The quantitative estimate of drug-likeness (QED) is 0.537. The zero-order chi connectivity index (χ0) is 17.9. The maximum Gasteiger partial charge on any atom is 0.0400 e. The van der Waals surface area contributed by atoms with E-state index >= 15 is 0 Å². The molecule has 1 atom stereocenters. The van der Waals surface area contributed by atoms with Gasteiger partial charge in [-0.05, 0) is 46.2 Å². The molecule has 0 aromatic heterocycles. The summed E-state index contributed by atoms with van der Waals surface area (Å²) in [7, 11) is 0. The van der Waals surface area contributed by atoms with E-state index in [2.05, 4.69) is 85.8 Å². The van der Waals surface area contributed by atoms with Crippen LogP contribution in [0.1, 0.15) is 18.9 Å². The van der Waals surface area contributed by atoms with Crippen molar-refractivity contribution in [3.63, 3.8) is 0 Å². The topological polar surface area (TPSA) is 26.0 Å². The summed E-state index contributed by atoms with van der Waals surface area (Å²) in [5.41, 5.74) is 14.5. The molecule has 4 rings (SSSR count). The molecule has 0 saturated heterocycles. The van der Waals surface area contributed by atoms with Crippen molar-refractivity contribution >= 4 is 11.3 Å². The van der Waals surface area contributed by atoms with Crippen molar-refractivity contribution < 1.29 is 0 Å². The van der Waals surface area contributed by atoms with Crippen LogP contribution in [-0.2, 0) is 0 Å². The molecule has 2 N–H and O–H groups in total. The minimum atomic E-state index is 0.598. The second kappa shape index (κ2) is 7.05. The van der Waals surface area contributed by atoms with E-state index in [1.807, 2.05) is 12.1 Å². The highest BCUT2D eigenvalue weighted by Crippen LogP contribution is 2.42. The maximum atomic E-state index is 6.47. The highest BCUT2D eigenvalue weighted by atomic mass is 14.6. The molecule has 1 aliphatic rings. The van der Waals surface area contributed by atoms with Gasteiger partial charge in [0.15, 0.2) is 0 Å². The first-order valence-corrected chi connectivity index (χ1v) is 9.16. The number of nitrogens with two attached hydrogens (primary N) is 1. The van der Waals surface area contributed by atoms with Crippen LogP contribution in [0.5, 0.6) is 0 Å². The van der Waals surface area contributed by atoms with Gasteiger partial charge in [0, 0.05) is 11.3 Å². The number of hydrogen-bond acceptors (Lipinski definition) is 1. The van der Waals surface area contributed by atoms with Crippen LogP contribution >= 0.6 is 0 Å². The average molecular weight is 337 g/mol. The summed E-state index contributed by atoms with van der Waals surface area (Å²) in [5, 5.41) is 0. The molecule has 1 nitrogen and oxygen atoms in total. The van der Waals surface area contributed by atoms with Crippen LogP contribution in [0.25, 0.3) is 27.8 Å². The number of hydrogen-bond donors (Lipinski definition) is 1. The van der Waals surface area contributed by atoms with Crippen LogP contribution < -0.4 is 5.73 Å². The molecule has 128 valence electrons. The molecule has 0 radical (unpaired) electrons. The van der Waals surface area contributed by atoms with Gasteiger partial charge in [0.25, 0.3) is 0 Å². The minimum Gasteiger partial charge on any atom is -0.398 e. The Morgan fingerprint density at radius 1 is 0.769 bits per heavy atom. The second-order valence-electron chi connectivity index (χ2n) is 6.92. The lowest BCUT2D eigenvalue weighted by Crippen LogP contribution is -2.00. The molecule has 1 aliphatic carbocycles. The Labute approximate surface area is 155 Å². The van der Waals surface area contributed by atoms with Crippen molar-refractivity contribution in [1.82, 2.24) is 0 Å². The molecule has 0 heterocycles. The van der Waals surface area contributed by atoms with E-state index in [9.17, 15) is 0 Å². The van der Waals surface area contributed by atoms with Crippen molar-refractivity contribution in [2.45, 2.75) is 13.3 Å². The van der Waals surface area contributed by atoms with E-state index in [1.165, 1.54) is 22.3 Å². The summed E-state index contributed by atoms with van der Waals surface area (Å²) in [6.07, 6.45) is 7.96. The molecular weight excluding hydrogens is 314 g/mol. The van der Waals surface area contributed by atoms with Gasteiger partial charge in [0.2, 0.25) is 0 Å². The Morgan fingerprint density at radius 2 is 1.38 bits per heavy atom. The first-order chi connectivity index (χ1) is 12.7. The minimum absolute atomic E-state index is 0.598. The van der Waals surface area contributed by atoms with E-state index in [0.717, 1.165) is 23.2 Å². The third-order valence-corrected chi connectivity index (χ3v) is 4.99. The fourth-order valence-corrected chi connectivity index (χ4v) is 3.61. The largest absolute Gasteiger partial charge is 0.398 e. The fourth-order valence-electron chi connectivity index (χ4n) is 3.61. The molecule has 1 heteroatoms. The fraction of sp³-hybridized carbons (Fsp3) is 0.120. The van der Waals surface area contributed by atoms with E-state index in [0.29, 0.717) is 5.92 Å². The first-order valence-electron chi connectivity index (χ1n) is 9.16. The molecule has 3 aromatic carbocycles. The van der Waals surface area contributed by atoms with Gasteiger partial charge in [0.1, 0.15) is 0 Å². The van der Waals surface area contributed by atoms with Gasteiger partial charge in [-0.2, -0.15) is 0 Å². The first kappa shape index (κ1) is 16.4. The van der Waals surface area contributed by atoms with Crippen molar-refractivity contribution in [2.24, 2.45) is 5.92 Å². The monoisotopic (exact) mass is 337 g/mol. The summed E-state index contributed by atoms with van der Waals surface area (Å²) in [6.45, 7) is 2.25. The molecular formula is C25H23N. The van der Waals surface area contributed by atoms with Crippen LogP contribution in [0.2, 0.25) is 0 Å². The number of nitrogen functional groups attached to an aromatic ring is 1. The molecule has 0 spiro atoms. The van der Waals surface area contributed by atoms with Crippen molar-refractivity contribution in [3.8, 4) is 22.3 Å². The molecule has 0 saturated carbocycles. The van der Waals surface area contributed by atoms with E-state index in [-0.39, 0.29) is 0 Å². The molecule has 26 heavy (non-hydrogen) atoms. The highest BCUT2D eigenvalue weighted by molar-refractivity contribution is 5.99. The Kier molecular flexibility index (Phi) is 4.45. The van der Waals surface area contributed by atoms with Gasteiger partial charge in [-0.3, -0.25) is 0 Å². The van der Waals surface area contributed by atoms with Crippen molar-refractivity contribution in [3.05, 3.63) is 96.6 Å². The normalized spacial score (nSPS) is 16.3. The molecule has 1 unspecified atom stereocenters. The zero-order valence-corrected chi connectivity index (χ0v) is 15.0. The van der Waals surface area contributed by atoms with Gasteiger partial charge in [-0.15, -0.1) is 0 Å². The number of benzene rings is 3. The van der Waals surface area contributed by atoms with Crippen LogP contribution in [0.4, 0.5) is 5.69 Å². The summed E-state index contributed by atoms with van der Waals surface area (Å²) in [4.78, 5) is 0. The Bertz CT molecular complexity index is 966. The highest BCUT2D eigenvalue weighted by Gasteiger charge is 2.18. The molecule has 0 amide bonds. The van der Waals surface area contributed by atoms with Gasteiger partial charge in [0.05, 0.1) is 0 Å². The average Bonchev–Trinajstić information content (AvgIpc) is 2.70. The lowest BCUT2D eigenvalue weighted by molar-refractivity contribution is 0.739. The van der Waals surface area contributed by atoms with Crippen molar-refractivity contribution in [1.29, 1.82) is 0 Å². The van der Waals surface area contributed by atoms with E-state index in [4.69, 9.17) is 5.73 Å². The molecule has 0 bridgehead atoms. The summed E-state index contributed by atoms with van der Waals surface area (Å²) >= 11 is 0. The number of allylic oxidation sites excluding steroid dienone is 4. The van der Waals surface area contributed by atoms with Gasteiger partial charge in [-0.25, -0.2) is 0 Å². The summed E-state index contributed by atoms with van der Waals surface area (Å²) in [6, 6.07) is 25.2. The summed E-state index contributed by atoms with van der Waals surface area (Å²) in [5.74, 6) is 0.598. The summed E-state index contributed by atoms with van der Waals surface area (Å²) < 4.78 is 0. The smallest absolute Gasteiger partial charge is 0.0400 e. The third kappa shape index (κ3) is 3.09. The van der Waals surface area contributed by atoms with Crippen molar-refractivity contribution in [2.75, 3.05) is 5.73 Å². The van der Waals surface area contributed by atoms with Gasteiger partial charge < -0.3 is 5.73 Å². The third-order valence-electron chi connectivity index (χ3n) is 4.99. The van der Waals surface area contributed by atoms with Gasteiger partial charge in [-0.1, -0.05) is 91.9 Å². The van der Waals surface area contributed by atoms with E-state index in [1.54, 1.807) is 0 Å². The number of anilines is 1. The molecule has 0 aliphatic heterocycles. The standard InChI is InChI=1S/C25H23N/c1-18-12-14-19(15-13-18)22-16-17-23(26)25(21-10-6-3-7-11-21)24(22)20-8-4-2-5-9-20/h2-12,14-18H,13,26H2,1H3. The lowest BCUT2D eigenvalue weighted by atomic mass is 9.84. The Balaban J connectivity index is 2.00. The number of rotatable bonds is 3. The van der Waals surface area contributed by atoms with Crippen LogP contribution in [0, 0.1) is 5.92 Å². The maximum absolute atomic E-state index is 6.47. The van der Waals surface area contributed by atoms with E-state index < -0.39 is 0 Å². The Morgan fingerprint density at radius 3 is 1.96 bits per heavy atom. The van der Waals surface area contributed by atoms with Crippen LogP contribution in [-0.4, -0.2) is 0 Å². The molecule has 3 aromatic rings. The molecule has 0 fully saturated rings. The SMILES string of the molecule is CC1C=CC(c2ccc(N)c(-c3ccccc3)c2-c2ccccc2)=CC1. The van der Waals surface area contributed by atoms with Gasteiger partial charge >= 0.3 is 0 Å².